The first-order chi connectivity index (χ1) is 7.31. The zero-order valence-corrected chi connectivity index (χ0v) is 12.1. The van der Waals surface area contributed by atoms with E-state index in [-0.39, 0.29) is 18.3 Å². The summed E-state index contributed by atoms with van der Waals surface area (Å²) in [5.74, 6) is 0. The number of rotatable bonds is 8. The molecule has 0 aromatic heterocycles. The molecule has 16 heavy (non-hydrogen) atoms. The Morgan fingerprint density at radius 1 is 0.812 bits per heavy atom. The standard InChI is InChI=1S/C11H24O4Si/c1-8-12-16(13-9(2)3,14-10(4)5)15-11(6)7/h8-11H,1H2,2-7H3. The molecule has 0 rings (SSSR count). The second-order valence-corrected chi connectivity index (χ2v) is 6.23. The van der Waals surface area contributed by atoms with Crippen LogP contribution in [0.25, 0.3) is 0 Å². The Balaban J connectivity index is 4.79. The quantitative estimate of drug-likeness (QED) is 0.489. The molecule has 0 aromatic rings. The summed E-state index contributed by atoms with van der Waals surface area (Å²) in [7, 11) is -3.10. The van der Waals surface area contributed by atoms with Gasteiger partial charge in [-0.1, -0.05) is 6.58 Å². The van der Waals surface area contributed by atoms with Crippen molar-refractivity contribution in [2.45, 2.75) is 59.9 Å². The summed E-state index contributed by atoms with van der Waals surface area (Å²) in [5.41, 5.74) is 0. The zero-order chi connectivity index (χ0) is 12.8. The molecular formula is C11H24O4Si. The van der Waals surface area contributed by atoms with E-state index in [4.69, 9.17) is 17.7 Å². The van der Waals surface area contributed by atoms with E-state index in [1.165, 1.54) is 6.26 Å². The van der Waals surface area contributed by atoms with E-state index in [1.807, 2.05) is 41.5 Å². The Kier molecular flexibility index (Phi) is 6.90. The molecular weight excluding hydrogens is 224 g/mol. The van der Waals surface area contributed by atoms with Crippen LogP contribution in [0.3, 0.4) is 0 Å². The van der Waals surface area contributed by atoms with Crippen LogP contribution >= 0.6 is 0 Å². The fourth-order valence-electron chi connectivity index (χ4n) is 1.13. The highest BCUT2D eigenvalue weighted by molar-refractivity contribution is 6.53. The fraction of sp³-hybridized carbons (Fsp3) is 0.818. The van der Waals surface area contributed by atoms with Crippen LogP contribution in [0.15, 0.2) is 12.8 Å². The minimum atomic E-state index is -3.10. The summed E-state index contributed by atoms with van der Waals surface area (Å²) in [5, 5.41) is 0. The lowest BCUT2D eigenvalue weighted by Crippen LogP contribution is -2.52. The predicted molar refractivity (Wildman–Crippen MR) is 65.7 cm³/mol. The summed E-state index contributed by atoms with van der Waals surface area (Å²) in [6.07, 6.45) is 1.25. The van der Waals surface area contributed by atoms with Gasteiger partial charge >= 0.3 is 9.05 Å². The first-order valence-electron chi connectivity index (χ1n) is 5.63. The Bertz CT molecular complexity index is 178. The average molecular weight is 248 g/mol. The molecule has 4 nitrogen and oxygen atoms in total. The molecule has 0 spiro atoms. The highest BCUT2D eigenvalue weighted by Gasteiger charge is 2.50. The zero-order valence-electron chi connectivity index (χ0n) is 11.1. The Morgan fingerprint density at radius 2 is 1.12 bits per heavy atom. The topological polar surface area (TPSA) is 36.9 Å². The molecule has 0 aliphatic rings. The van der Waals surface area contributed by atoms with Crippen LogP contribution in [0.2, 0.25) is 0 Å². The minimum Gasteiger partial charge on any atom is -0.487 e. The second kappa shape index (κ2) is 7.06. The van der Waals surface area contributed by atoms with E-state index in [9.17, 15) is 0 Å². The molecule has 0 aliphatic heterocycles. The average Bonchev–Trinajstić information content (AvgIpc) is 1.98. The lowest BCUT2D eigenvalue weighted by Gasteiger charge is -2.31. The first-order valence-corrected chi connectivity index (χ1v) is 7.26. The molecule has 5 heteroatoms. The molecule has 0 saturated carbocycles. The molecule has 0 heterocycles. The fourth-order valence-corrected chi connectivity index (χ4v) is 3.40. The third kappa shape index (κ3) is 6.27. The second-order valence-electron chi connectivity index (χ2n) is 4.28. The van der Waals surface area contributed by atoms with Crippen LogP contribution in [0, 0.1) is 0 Å². The molecule has 0 fully saturated rings. The van der Waals surface area contributed by atoms with E-state index in [0.717, 1.165) is 0 Å². The lowest BCUT2D eigenvalue weighted by molar-refractivity contribution is -0.0569. The maximum Gasteiger partial charge on any atom is 0.749 e. The van der Waals surface area contributed by atoms with Crippen LogP contribution < -0.4 is 0 Å². The van der Waals surface area contributed by atoms with Crippen molar-refractivity contribution >= 4 is 9.05 Å². The largest absolute Gasteiger partial charge is 0.749 e. The van der Waals surface area contributed by atoms with Crippen molar-refractivity contribution < 1.29 is 17.7 Å². The van der Waals surface area contributed by atoms with Gasteiger partial charge in [-0.25, -0.2) is 0 Å². The summed E-state index contributed by atoms with van der Waals surface area (Å²) in [6.45, 7) is 15.0. The van der Waals surface area contributed by atoms with Gasteiger partial charge in [0.05, 0.1) is 6.26 Å². The predicted octanol–water partition coefficient (Wildman–Crippen LogP) is 2.86. The highest BCUT2D eigenvalue weighted by Crippen LogP contribution is 2.19. The Labute approximate surface area is 100 Å². The SMILES string of the molecule is C=CO[Si](OC(C)C)(OC(C)C)OC(C)C. The van der Waals surface area contributed by atoms with Gasteiger partial charge in [0.15, 0.2) is 0 Å². The maximum absolute atomic E-state index is 5.70. The van der Waals surface area contributed by atoms with Crippen molar-refractivity contribution in [3.05, 3.63) is 12.8 Å². The van der Waals surface area contributed by atoms with Crippen LogP contribution in [-0.4, -0.2) is 27.4 Å². The van der Waals surface area contributed by atoms with Gasteiger partial charge in [0.1, 0.15) is 0 Å². The third-order valence-electron chi connectivity index (χ3n) is 1.37. The van der Waals surface area contributed by atoms with Gasteiger partial charge in [-0.15, -0.1) is 0 Å². The van der Waals surface area contributed by atoms with Gasteiger partial charge in [-0.2, -0.15) is 0 Å². The van der Waals surface area contributed by atoms with Gasteiger partial charge in [-0.05, 0) is 41.5 Å². The van der Waals surface area contributed by atoms with E-state index < -0.39 is 9.05 Å². The Morgan fingerprint density at radius 3 is 1.31 bits per heavy atom. The Hall–Kier alpha value is -0.363. The molecule has 0 radical (unpaired) electrons. The van der Waals surface area contributed by atoms with Crippen LogP contribution in [0.5, 0.6) is 0 Å². The van der Waals surface area contributed by atoms with Crippen LogP contribution in [0.1, 0.15) is 41.5 Å². The molecule has 0 atom stereocenters. The van der Waals surface area contributed by atoms with Gasteiger partial charge in [0.2, 0.25) is 0 Å². The summed E-state index contributed by atoms with van der Waals surface area (Å²) < 4.78 is 22.5. The molecule has 0 unspecified atom stereocenters. The smallest absolute Gasteiger partial charge is 0.487 e. The lowest BCUT2D eigenvalue weighted by atomic mass is 10.5. The van der Waals surface area contributed by atoms with Gasteiger partial charge in [0, 0.05) is 18.3 Å². The van der Waals surface area contributed by atoms with Crippen molar-refractivity contribution in [2.24, 2.45) is 0 Å². The summed E-state index contributed by atoms with van der Waals surface area (Å²) in [4.78, 5) is 0. The first kappa shape index (κ1) is 15.6. The van der Waals surface area contributed by atoms with Crippen LogP contribution in [0.4, 0.5) is 0 Å². The van der Waals surface area contributed by atoms with Crippen molar-refractivity contribution in [1.82, 2.24) is 0 Å². The normalized spacial score (nSPS) is 12.6. The molecule has 0 saturated heterocycles. The van der Waals surface area contributed by atoms with Crippen molar-refractivity contribution in [3.8, 4) is 0 Å². The van der Waals surface area contributed by atoms with E-state index in [1.54, 1.807) is 0 Å². The maximum atomic E-state index is 5.70. The monoisotopic (exact) mass is 248 g/mol. The third-order valence-corrected chi connectivity index (χ3v) is 4.10. The molecule has 0 N–H and O–H groups in total. The highest BCUT2D eigenvalue weighted by atomic mass is 28.4. The van der Waals surface area contributed by atoms with Gasteiger partial charge in [0.25, 0.3) is 0 Å². The van der Waals surface area contributed by atoms with E-state index in [0.29, 0.717) is 0 Å². The van der Waals surface area contributed by atoms with Crippen LogP contribution in [-0.2, 0) is 17.7 Å². The molecule has 0 aliphatic carbocycles. The van der Waals surface area contributed by atoms with Crippen molar-refractivity contribution in [1.29, 1.82) is 0 Å². The summed E-state index contributed by atoms with van der Waals surface area (Å²) in [6, 6.07) is 0. The van der Waals surface area contributed by atoms with Gasteiger partial charge in [-0.3, -0.25) is 0 Å². The van der Waals surface area contributed by atoms with Crippen molar-refractivity contribution in [3.63, 3.8) is 0 Å². The van der Waals surface area contributed by atoms with Gasteiger partial charge < -0.3 is 17.7 Å². The van der Waals surface area contributed by atoms with Crippen molar-refractivity contribution in [2.75, 3.05) is 0 Å². The molecule has 0 bridgehead atoms. The minimum absolute atomic E-state index is 0.0240. The van der Waals surface area contributed by atoms with E-state index >= 15 is 0 Å². The molecule has 0 aromatic carbocycles. The number of hydrogen-bond acceptors (Lipinski definition) is 4. The molecule has 0 amide bonds. The summed E-state index contributed by atoms with van der Waals surface area (Å²) >= 11 is 0. The van der Waals surface area contributed by atoms with E-state index in [2.05, 4.69) is 6.58 Å². The number of hydrogen-bond donors (Lipinski definition) is 0. The molecule has 96 valence electrons.